The maximum absolute atomic E-state index is 13.4. The van der Waals surface area contributed by atoms with E-state index in [4.69, 9.17) is 0 Å². The van der Waals surface area contributed by atoms with Crippen LogP contribution in [0.5, 0.6) is 0 Å². The van der Waals surface area contributed by atoms with E-state index in [0.717, 1.165) is 0 Å². The van der Waals surface area contributed by atoms with Crippen molar-refractivity contribution in [2.45, 2.75) is 11.3 Å². The van der Waals surface area contributed by atoms with E-state index >= 15 is 0 Å². The molecule has 0 heterocycles. The summed E-state index contributed by atoms with van der Waals surface area (Å²) in [5, 5.41) is 0. The molecule has 0 saturated heterocycles. The van der Waals surface area contributed by atoms with Gasteiger partial charge in [-0.1, -0.05) is 30.3 Å². The fourth-order valence-electron chi connectivity index (χ4n) is 1.76. The summed E-state index contributed by atoms with van der Waals surface area (Å²) < 4.78 is 40.6. The van der Waals surface area contributed by atoms with Crippen LogP contribution in [0.3, 0.4) is 0 Å². The summed E-state index contributed by atoms with van der Waals surface area (Å²) in [4.78, 5) is 0.175. The second-order valence-corrected chi connectivity index (χ2v) is 6.76. The molecule has 0 bridgehead atoms. The lowest BCUT2D eigenvalue weighted by atomic mass is 10.1. The Kier molecular flexibility index (Phi) is 4.91. The fraction of sp³-hybridized carbons (Fsp3) is 0.143. The molecule has 0 aliphatic rings. The first kappa shape index (κ1) is 15.2. The minimum Gasteiger partial charge on any atom is -0.211 e. The van der Waals surface area contributed by atoms with Gasteiger partial charge in [0.15, 0.2) is 0 Å². The molecule has 0 aliphatic carbocycles. The van der Waals surface area contributed by atoms with Crippen LogP contribution < -0.4 is 4.72 Å². The number of sulfonamides is 1. The predicted molar refractivity (Wildman–Crippen MR) is 79.4 cm³/mol. The Balaban J connectivity index is 2.04. The van der Waals surface area contributed by atoms with Crippen LogP contribution >= 0.6 is 15.9 Å². The van der Waals surface area contributed by atoms with Crippen molar-refractivity contribution >= 4 is 26.0 Å². The van der Waals surface area contributed by atoms with Gasteiger partial charge in [-0.3, -0.25) is 0 Å². The molecule has 1 N–H and O–H groups in total. The molecule has 2 aromatic rings. The van der Waals surface area contributed by atoms with Crippen molar-refractivity contribution in [3.05, 3.63) is 64.4 Å². The lowest BCUT2D eigenvalue weighted by Gasteiger charge is -2.08. The van der Waals surface area contributed by atoms with Crippen LogP contribution in [0.4, 0.5) is 4.39 Å². The summed E-state index contributed by atoms with van der Waals surface area (Å²) in [6.45, 7) is 0.143. The number of rotatable bonds is 5. The lowest BCUT2D eigenvalue weighted by molar-refractivity contribution is 0.577. The summed E-state index contributed by atoms with van der Waals surface area (Å²) in [5.41, 5.74) is 0.488. The molecule has 0 unspecified atom stereocenters. The van der Waals surface area contributed by atoms with Gasteiger partial charge in [-0.05, 0) is 46.1 Å². The molecule has 0 fully saturated rings. The molecule has 0 amide bonds. The summed E-state index contributed by atoms with van der Waals surface area (Å²) >= 11 is 3.20. The highest BCUT2D eigenvalue weighted by atomic mass is 79.9. The van der Waals surface area contributed by atoms with E-state index in [2.05, 4.69) is 20.7 Å². The molecule has 2 rings (SSSR count). The lowest BCUT2D eigenvalue weighted by Crippen LogP contribution is -2.26. The van der Waals surface area contributed by atoms with Crippen molar-refractivity contribution in [2.24, 2.45) is 0 Å². The smallest absolute Gasteiger partial charge is 0.211 e. The van der Waals surface area contributed by atoms with E-state index in [1.54, 1.807) is 36.4 Å². The molecular weight excluding hydrogens is 345 g/mol. The quantitative estimate of drug-likeness (QED) is 0.893. The molecule has 0 aromatic heterocycles. The molecule has 0 saturated carbocycles. The van der Waals surface area contributed by atoms with Crippen LogP contribution in [0.1, 0.15) is 5.56 Å². The topological polar surface area (TPSA) is 46.2 Å². The number of halogens is 2. The number of hydrogen-bond donors (Lipinski definition) is 1. The van der Waals surface area contributed by atoms with Gasteiger partial charge in [0.05, 0.1) is 4.90 Å². The Labute approximate surface area is 126 Å². The maximum atomic E-state index is 13.4. The molecule has 0 spiro atoms. The van der Waals surface area contributed by atoms with Gasteiger partial charge in [-0.25, -0.2) is 17.5 Å². The first-order valence-electron chi connectivity index (χ1n) is 5.98. The molecule has 2 aromatic carbocycles. The van der Waals surface area contributed by atoms with Crippen molar-refractivity contribution < 1.29 is 12.8 Å². The Morgan fingerprint density at radius 3 is 2.40 bits per heavy atom. The molecule has 0 radical (unpaired) electrons. The van der Waals surface area contributed by atoms with Crippen LogP contribution in [0.2, 0.25) is 0 Å². The summed E-state index contributed by atoms with van der Waals surface area (Å²) in [6, 6.07) is 12.9. The van der Waals surface area contributed by atoms with Crippen LogP contribution in [0, 0.1) is 5.82 Å². The average molecular weight is 358 g/mol. The third-order valence-corrected chi connectivity index (χ3v) is 5.24. The van der Waals surface area contributed by atoms with E-state index in [-0.39, 0.29) is 17.3 Å². The summed E-state index contributed by atoms with van der Waals surface area (Å²) in [7, 11) is -3.59. The second kappa shape index (κ2) is 6.47. The fourth-order valence-corrected chi connectivity index (χ4v) is 3.79. The molecule has 3 nitrogen and oxygen atoms in total. The number of benzene rings is 2. The monoisotopic (exact) mass is 357 g/mol. The third kappa shape index (κ3) is 3.65. The summed E-state index contributed by atoms with van der Waals surface area (Å²) in [5.74, 6) is -0.326. The first-order valence-corrected chi connectivity index (χ1v) is 8.26. The molecule has 0 aliphatic heterocycles. The Morgan fingerprint density at radius 2 is 1.70 bits per heavy atom. The first-order chi connectivity index (χ1) is 9.50. The zero-order chi connectivity index (χ0) is 14.6. The van der Waals surface area contributed by atoms with Gasteiger partial charge < -0.3 is 0 Å². The minimum atomic E-state index is -3.59. The van der Waals surface area contributed by atoms with Gasteiger partial charge in [0, 0.05) is 11.0 Å². The summed E-state index contributed by atoms with van der Waals surface area (Å²) in [6.07, 6.45) is 0.302. The van der Waals surface area contributed by atoms with Gasteiger partial charge in [0.25, 0.3) is 0 Å². The van der Waals surface area contributed by atoms with Crippen LogP contribution in [-0.2, 0) is 16.4 Å². The molecular formula is C14H13BrFNO2S. The SMILES string of the molecule is O=S(=O)(NCCc1ccccc1F)c1ccccc1Br. The van der Waals surface area contributed by atoms with Crippen molar-refractivity contribution in [1.82, 2.24) is 4.72 Å². The molecule has 106 valence electrons. The van der Waals surface area contributed by atoms with Crippen molar-refractivity contribution in [1.29, 1.82) is 0 Å². The van der Waals surface area contributed by atoms with E-state index in [1.165, 1.54) is 12.1 Å². The molecule has 0 atom stereocenters. The van der Waals surface area contributed by atoms with E-state index < -0.39 is 10.0 Å². The normalized spacial score (nSPS) is 11.5. The maximum Gasteiger partial charge on any atom is 0.241 e. The Bertz CT molecular complexity index is 704. The van der Waals surface area contributed by atoms with Gasteiger partial charge >= 0.3 is 0 Å². The predicted octanol–water partition coefficient (Wildman–Crippen LogP) is 3.11. The molecule has 6 heteroatoms. The zero-order valence-electron chi connectivity index (χ0n) is 10.5. The largest absolute Gasteiger partial charge is 0.241 e. The van der Waals surface area contributed by atoms with Crippen LogP contribution in [-0.4, -0.2) is 15.0 Å². The highest BCUT2D eigenvalue weighted by Gasteiger charge is 2.16. The standard InChI is InChI=1S/C14H13BrFNO2S/c15-12-6-2-4-8-14(12)20(18,19)17-10-9-11-5-1-3-7-13(11)16/h1-8,17H,9-10H2. The van der Waals surface area contributed by atoms with Crippen molar-refractivity contribution in [3.8, 4) is 0 Å². The van der Waals surface area contributed by atoms with Crippen molar-refractivity contribution in [3.63, 3.8) is 0 Å². The Morgan fingerprint density at radius 1 is 1.05 bits per heavy atom. The highest BCUT2D eigenvalue weighted by Crippen LogP contribution is 2.20. The second-order valence-electron chi connectivity index (χ2n) is 4.17. The Hall–Kier alpha value is -1.24. The van der Waals surface area contributed by atoms with E-state index in [1.807, 2.05) is 0 Å². The van der Waals surface area contributed by atoms with E-state index in [9.17, 15) is 12.8 Å². The van der Waals surface area contributed by atoms with Crippen LogP contribution in [0.25, 0.3) is 0 Å². The zero-order valence-corrected chi connectivity index (χ0v) is 12.9. The number of hydrogen-bond acceptors (Lipinski definition) is 2. The van der Waals surface area contributed by atoms with Gasteiger partial charge in [0.2, 0.25) is 10.0 Å². The van der Waals surface area contributed by atoms with E-state index in [0.29, 0.717) is 16.5 Å². The van der Waals surface area contributed by atoms with Gasteiger partial charge in [-0.2, -0.15) is 0 Å². The van der Waals surface area contributed by atoms with Crippen LogP contribution in [0.15, 0.2) is 57.9 Å². The van der Waals surface area contributed by atoms with Gasteiger partial charge in [0.1, 0.15) is 5.82 Å². The number of nitrogens with one attached hydrogen (secondary N) is 1. The van der Waals surface area contributed by atoms with Gasteiger partial charge in [-0.15, -0.1) is 0 Å². The van der Waals surface area contributed by atoms with Crippen molar-refractivity contribution in [2.75, 3.05) is 6.54 Å². The third-order valence-electron chi connectivity index (χ3n) is 2.77. The minimum absolute atomic E-state index is 0.143. The average Bonchev–Trinajstić information content (AvgIpc) is 2.41. The highest BCUT2D eigenvalue weighted by molar-refractivity contribution is 9.10. The molecule has 20 heavy (non-hydrogen) atoms.